The summed E-state index contributed by atoms with van der Waals surface area (Å²) in [6.45, 7) is 0. The maximum absolute atomic E-state index is 12.5. The number of carbonyl (C=O) groups is 1. The number of nitrogens with zero attached hydrogens (tertiary/aromatic N) is 1. The first-order chi connectivity index (χ1) is 10.3. The van der Waals surface area contributed by atoms with Gasteiger partial charge in [0.15, 0.2) is 0 Å². The molecule has 1 aromatic carbocycles. The van der Waals surface area contributed by atoms with Crippen molar-refractivity contribution in [3.63, 3.8) is 0 Å². The van der Waals surface area contributed by atoms with Crippen LogP contribution in [0.4, 0.5) is 13.2 Å². The van der Waals surface area contributed by atoms with Crippen molar-refractivity contribution in [1.82, 2.24) is 4.98 Å². The number of halogens is 3. The van der Waals surface area contributed by atoms with Crippen LogP contribution in [0.5, 0.6) is 11.6 Å². The zero-order chi connectivity index (χ0) is 16.3. The van der Waals surface area contributed by atoms with Crippen LogP contribution in [0.2, 0.25) is 0 Å². The van der Waals surface area contributed by atoms with Gasteiger partial charge in [-0.1, -0.05) is 18.2 Å². The van der Waals surface area contributed by atoms with Crippen molar-refractivity contribution in [3.05, 3.63) is 42.1 Å². The summed E-state index contributed by atoms with van der Waals surface area (Å²) in [6.07, 6.45) is -3.82. The Morgan fingerprint density at radius 1 is 1.23 bits per heavy atom. The summed E-state index contributed by atoms with van der Waals surface area (Å²) in [5.74, 6) is -1.74. The summed E-state index contributed by atoms with van der Waals surface area (Å²) in [5.41, 5.74) is -0.0767. The van der Waals surface area contributed by atoms with E-state index in [9.17, 15) is 18.0 Å². The van der Waals surface area contributed by atoms with Crippen molar-refractivity contribution in [2.45, 2.75) is 6.36 Å². The number of carboxylic acids is 1. The fourth-order valence-electron chi connectivity index (χ4n) is 1.83. The van der Waals surface area contributed by atoms with E-state index in [-0.39, 0.29) is 22.6 Å². The highest BCUT2D eigenvalue weighted by molar-refractivity contribution is 5.90. The molecule has 0 aliphatic heterocycles. The Hall–Kier alpha value is -2.77. The molecule has 2 aromatic rings. The molecule has 22 heavy (non-hydrogen) atoms. The van der Waals surface area contributed by atoms with Gasteiger partial charge >= 0.3 is 12.3 Å². The predicted octanol–water partition coefficient (Wildman–Crippen LogP) is 3.35. The van der Waals surface area contributed by atoms with E-state index < -0.39 is 18.1 Å². The minimum Gasteiger partial charge on any atom is -0.481 e. The highest BCUT2D eigenvalue weighted by Crippen LogP contribution is 2.37. The number of rotatable bonds is 4. The van der Waals surface area contributed by atoms with E-state index in [0.717, 1.165) is 12.3 Å². The van der Waals surface area contributed by atoms with Crippen LogP contribution >= 0.6 is 0 Å². The topological polar surface area (TPSA) is 68.7 Å². The van der Waals surface area contributed by atoms with Gasteiger partial charge < -0.3 is 14.6 Å². The van der Waals surface area contributed by atoms with Gasteiger partial charge in [0.25, 0.3) is 0 Å². The Morgan fingerprint density at radius 2 is 1.91 bits per heavy atom. The van der Waals surface area contributed by atoms with E-state index in [2.05, 4.69) is 9.72 Å². The lowest BCUT2D eigenvalue weighted by Gasteiger charge is -2.15. The average Bonchev–Trinajstić information content (AvgIpc) is 2.45. The number of pyridine rings is 1. The molecule has 0 fully saturated rings. The van der Waals surface area contributed by atoms with E-state index in [4.69, 9.17) is 9.84 Å². The Kier molecular flexibility index (Phi) is 4.20. The molecule has 1 aromatic heterocycles. The van der Waals surface area contributed by atoms with Crippen LogP contribution in [0, 0.1) is 0 Å². The number of aromatic nitrogens is 1. The number of benzene rings is 1. The Morgan fingerprint density at radius 3 is 2.50 bits per heavy atom. The van der Waals surface area contributed by atoms with Gasteiger partial charge in [-0.3, -0.25) is 0 Å². The van der Waals surface area contributed by atoms with Crippen molar-refractivity contribution >= 4 is 5.97 Å². The third-order valence-electron chi connectivity index (χ3n) is 2.69. The molecule has 0 aliphatic rings. The molecule has 0 radical (unpaired) electrons. The second kappa shape index (κ2) is 5.92. The number of alkyl halides is 3. The van der Waals surface area contributed by atoms with Crippen LogP contribution in [0.3, 0.4) is 0 Å². The molecule has 2 rings (SSSR count). The number of ether oxygens (including phenoxy) is 2. The summed E-state index contributed by atoms with van der Waals surface area (Å²) in [6, 6.07) is 6.51. The van der Waals surface area contributed by atoms with Gasteiger partial charge in [0, 0.05) is 17.3 Å². The molecule has 0 saturated carbocycles. The zero-order valence-electron chi connectivity index (χ0n) is 11.2. The van der Waals surface area contributed by atoms with Crippen LogP contribution in [-0.4, -0.2) is 29.5 Å². The number of aromatic carboxylic acids is 1. The smallest absolute Gasteiger partial charge is 0.481 e. The van der Waals surface area contributed by atoms with Crippen molar-refractivity contribution < 1.29 is 32.5 Å². The third-order valence-corrected chi connectivity index (χ3v) is 2.69. The monoisotopic (exact) mass is 313 g/mol. The molecular formula is C14H10F3NO4. The Bertz CT molecular complexity index is 701. The number of hydrogen-bond donors (Lipinski definition) is 1. The number of para-hydroxylation sites is 1. The van der Waals surface area contributed by atoms with Crippen molar-refractivity contribution in [3.8, 4) is 22.8 Å². The molecular weight excluding hydrogens is 303 g/mol. The number of carboxylic acid groups (broad SMARTS) is 1. The van der Waals surface area contributed by atoms with Crippen LogP contribution in [0.25, 0.3) is 11.1 Å². The highest BCUT2D eigenvalue weighted by atomic mass is 19.4. The first kappa shape index (κ1) is 15.6. The zero-order valence-corrected chi connectivity index (χ0v) is 11.2. The minimum absolute atomic E-state index is 0.0109. The van der Waals surface area contributed by atoms with Gasteiger partial charge in [-0.15, -0.1) is 13.2 Å². The lowest BCUT2D eigenvalue weighted by atomic mass is 10.0. The van der Waals surface area contributed by atoms with Crippen molar-refractivity contribution in [1.29, 1.82) is 0 Å². The third kappa shape index (κ3) is 3.46. The van der Waals surface area contributed by atoms with Gasteiger partial charge in [-0.25, -0.2) is 9.78 Å². The molecule has 0 unspecified atom stereocenters. The number of hydrogen-bond acceptors (Lipinski definition) is 4. The number of methoxy groups -OCH3 is 1. The second-order valence-electron chi connectivity index (χ2n) is 4.13. The minimum atomic E-state index is -4.87. The molecule has 1 N–H and O–H groups in total. The molecule has 8 heteroatoms. The maximum atomic E-state index is 12.5. The first-order valence-electron chi connectivity index (χ1n) is 5.94. The Labute approximate surface area is 122 Å². The van der Waals surface area contributed by atoms with E-state index >= 15 is 0 Å². The largest absolute Gasteiger partial charge is 0.573 e. The summed E-state index contributed by atoms with van der Waals surface area (Å²) in [4.78, 5) is 14.8. The summed E-state index contributed by atoms with van der Waals surface area (Å²) in [7, 11) is 1.28. The molecule has 5 nitrogen and oxygen atoms in total. The van der Waals surface area contributed by atoms with Crippen LogP contribution in [0.1, 0.15) is 10.4 Å². The molecule has 0 saturated heterocycles. The molecule has 0 atom stereocenters. The van der Waals surface area contributed by atoms with Crippen LogP contribution < -0.4 is 9.47 Å². The van der Waals surface area contributed by atoms with Gasteiger partial charge in [0.05, 0.1) is 12.7 Å². The lowest BCUT2D eigenvalue weighted by molar-refractivity contribution is -0.274. The molecule has 1 heterocycles. The van der Waals surface area contributed by atoms with E-state index in [1.807, 2.05) is 0 Å². The van der Waals surface area contributed by atoms with E-state index in [1.165, 1.54) is 31.4 Å². The van der Waals surface area contributed by atoms with Gasteiger partial charge in [-0.05, 0) is 12.1 Å². The first-order valence-corrected chi connectivity index (χ1v) is 5.94. The molecule has 0 aliphatic carbocycles. The quantitative estimate of drug-likeness (QED) is 0.937. The predicted molar refractivity (Wildman–Crippen MR) is 69.9 cm³/mol. The summed E-state index contributed by atoms with van der Waals surface area (Å²) >= 11 is 0. The molecule has 0 spiro atoms. The van der Waals surface area contributed by atoms with Gasteiger partial charge in [0.1, 0.15) is 5.75 Å². The maximum Gasteiger partial charge on any atom is 0.573 e. The van der Waals surface area contributed by atoms with E-state index in [0.29, 0.717) is 0 Å². The SMILES string of the molecule is COc1ncc(C(=O)O)cc1-c1ccccc1OC(F)(F)F. The van der Waals surface area contributed by atoms with Gasteiger partial charge in [-0.2, -0.15) is 0 Å². The fourth-order valence-corrected chi connectivity index (χ4v) is 1.83. The van der Waals surface area contributed by atoms with Crippen molar-refractivity contribution in [2.24, 2.45) is 0 Å². The van der Waals surface area contributed by atoms with Crippen molar-refractivity contribution in [2.75, 3.05) is 7.11 Å². The highest BCUT2D eigenvalue weighted by Gasteiger charge is 2.32. The van der Waals surface area contributed by atoms with Gasteiger partial charge in [0.2, 0.25) is 5.88 Å². The summed E-state index contributed by atoms with van der Waals surface area (Å²) < 4.78 is 46.3. The van der Waals surface area contributed by atoms with Crippen LogP contribution in [-0.2, 0) is 0 Å². The lowest BCUT2D eigenvalue weighted by Crippen LogP contribution is -2.17. The molecule has 0 amide bonds. The second-order valence-corrected chi connectivity index (χ2v) is 4.13. The standard InChI is InChI=1S/C14H10F3NO4/c1-21-12-10(6-8(7-18-12)13(19)20)9-4-2-3-5-11(9)22-14(15,16)17/h2-7H,1H3,(H,19,20). The molecule has 116 valence electrons. The fraction of sp³-hybridized carbons (Fsp3) is 0.143. The average molecular weight is 313 g/mol. The van der Waals surface area contributed by atoms with E-state index in [1.54, 1.807) is 0 Å². The summed E-state index contributed by atoms with van der Waals surface area (Å²) in [5, 5.41) is 8.98. The Balaban J connectivity index is 2.60. The van der Waals surface area contributed by atoms with Crippen LogP contribution in [0.15, 0.2) is 36.5 Å². The molecule has 0 bridgehead atoms. The normalized spacial score (nSPS) is 11.1.